The molecule has 1 heterocycles. The third kappa shape index (κ3) is 7.01. The predicted molar refractivity (Wildman–Crippen MR) is 110 cm³/mol. The molecular weight excluding hydrogens is 376 g/mol. The van der Waals surface area contributed by atoms with Crippen LogP contribution in [0.15, 0.2) is 18.2 Å². The summed E-state index contributed by atoms with van der Waals surface area (Å²) in [5.74, 6) is -0.238. The van der Waals surface area contributed by atoms with Crippen LogP contribution < -0.4 is 10.6 Å². The van der Waals surface area contributed by atoms with Gasteiger partial charge in [-0.05, 0) is 53.1 Å². The fraction of sp³-hybridized carbons (Fsp3) is 0.600. The molecule has 1 aliphatic heterocycles. The van der Waals surface area contributed by atoms with Crippen molar-refractivity contribution in [3.63, 3.8) is 0 Å². The summed E-state index contributed by atoms with van der Waals surface area (Å²) in [4.78, 5) is 37.1. The summed E-state index contributed by atoms with van der Waals surface area (Å²) in [7, 11) is 0. The van der Waals surface area contributed by atoms with Crippen molar-refractivity contribution in [1.82, 2.24) is 10.2 Å². The van der Waals surface area contributed by atoms with Gasteiger partial charge in [0.1, 0.15) is 5.60 Å². The van der Waals surface area contributed by atoms with Gasteiger partial charge >= 0.3 is 6.09 Å². The number of benzene rings is 1. The zero-order valence-corrected chi connectivity index (χ0v) is 17.5. The zero-order chi connectivity index (χ0) is 21.6. The molecule has 1 aromatic carbocycles. The van der Waals surface area contributed by atoms with Crippen LogP contribution in [0.2, 0.25) is 0 Å². The van der Waals surface area contributed by atoms with Crippen molar-refractivity contribution in [3.8, 4) is 0 Å². The molecule has 2 rings (SSSR count). The highest BCUT2D eigenvalue weighted by atomic mass is 16.6. The Morgan fingerprint density at radius 2 is 2.03 bits per heavy atom. The molecule has 1 atom stereocenters. The smallest absolute Gasteiger partial charge is 0.407 e. The number of hydrogen-bond donors (Lipinski definition) is 2. The molecule has 1 unspecified atom stereocenters. The normalized spacial score (nSPS) is 17.4. The molecule has 0 aliphatic carbocycles. The van der Waals surface area contributed by atoms with E-state index in [-0.39, 0.29) is 24.2 Å². The lowest BCUT2D eigenvalue weighted by molar-refractivity contribution is -0.385. The minimum absolute atomic E-state index is 0.0276. The minimum Gasteiger partial charge on any atom is -0.444 e. The van der Waals surface area contributed by atoms with E-state index in [0.29, 0.717) is 17.8 Å². The second-order valence-electron chi connectivity index (χ2n) is 8.26. The van der Waals surface area contributed by atoms with Crippen LogP contribution in [0.1, 0.15) is 45.6 Å². The van der Waals surface area contributed by atoms with Crippen molar-refractivity contribution < 1.29 is 19.2 Å². The minimum atomic E-state index is -0.563. The van der Waals surface area contributed by atoms with Crippen molar-refractivity contribution >= 4 is 23.4 Å². The molecule has 9 nitrogen and oxygen atoms in total. The number of carbonyl (C=O) groups is 2. The molecule has 29 heavy (non-hydrogen) atoms. The number of nitro benzene ring substituents is 1. The predicted octanol–water partition coefficient (Wildman–Crippen LogP) is 3.22. The molecule has 2 N–H and O–H groups in total. The van der Waals surface area contributed by atoms with Gasteiger partial charge in [-0.2, -0.15) is 0 Å². The number of ether oxygens (including phenoxy) is 1. The first-order chi connectivity index (χ1) is 13.6. The quantitative estimate of drug-likeness (QED) is 0.554. The Bertz CT molecular complexity index is 760. The SMILES string of the molecule is Cc1c(NC(=O)CN2CCCCC2CNC(=O)OC(C)(C)C)cccc1[N+](=O)[O-]. The van der Waals surface area contributed by atoms with Gasteiger partial charge in [0.05, 0.1) is 22.7 Å². The van der Waals surface area contributed by atoms with Gasteiger partial charge < -0.3 is 15.4 Å². The van der Waals surface area contributed by atoms with Gasteiger partial charge in [0.15, 0.2) is 0 Å². The highest BCUT2D eigenvalue weighted by Crippen LogP contribution is 2.25. The average molecular weight is 406 g/mol. The average Bonchev–Trinajstić information content (AvgIpc) is 2.61. The van der Waals surface area contributed by atoms with Crippen LogP contribution in [0.3, 0.4) is 0 Å². The lowest BCUT2D eigenvalue weighted by Gasteiger charge is -2.35. The number of nitrogens with one attached hydrogen (secondary N) is 2. The van der Waals surface area contributed by atoms with Crippen molar-refractivity contribution in [2.75, 3.05) is 25.0 Å². The third-order valence-corrected chi connectivity index (χ3v) is 4.75. The van der Waals surface area contributed by atoms with Crippen molar-refractivity contribution in [2.24, 2.45) is 0 Å². The van der Waals surface area contributed by atoms with Crippen LogP contribution in [0.5, 0.6) is 0 Å². The molecular formula is C20H30N4O5. The first-order valence-corrected chi connectivity index (χ1v) is 9.81. The molecule has 9 heteroatoms. The van der Waals surface area contributed by atoms with Crippen LogP contribution in [0.25, 0.3) is 0 Å². The molecule has 1 saturated heterocycles. The number of nitro groups is 1. The first kappa shape index (κ1) is 22.6. The van der Waals surface area contributed by atoms with Crippen molar-refractivity contribution in [2.45, 2.75) is 58.6 Å². The van der Waals surface area contributed by atoms with E-state index in [4.69, 9.17) is 4.74 Å². The number of hydrogen-bond acceptors (Lipinski definition) is 6. The second-order valence-corrected chi connectivity index (χ2v) is 8.26. The van der Waals surface area contributed by atoms with Crippen LogP contribution in [-0.4, -0.2) is 53.1 Å². The van der Waals surface area contributed by atoms with Crippen LogP contribution in [0, 0.1) is 17.0 Å². The van der Waals surface area contributed by atoms with Crippen LogP contribution in [-0.2, 0) is 9.53 Å². The molecule has 160 valence electrons. The summed E-state index contributed by atoms with van der Waals surface area (Å²) >= 11 is 0. The molecule has 0 saturated carbocycles. The Kier molecular flexibility index (Phi) is 7.55. The molecule has 1 aromatic rings. The Balaban J connectivity index is 1.94. The standard InChI is InChI=1S/C20H30N4O5/c1-14-16(9-7-10-17(14)24(27)28)22-18(25)13-23-11-6-5-8-15(23)12-21-19(26)29-20(2,3)4/h7,9-10,15H,5-6,8,11-13H2,1-4H3,(H,21,26)(H,22,25). The lowest BCUT2D eigenvalue weighted by atomic mass is 10.0. The van der Waals surface area contributed by atoms with Gasteiger partial charge in [0, 0.05) is 18.7 Å². The number of rotatable bonds is 6. The van der Waals surface area contributed by atoms with Gasteiger partial charge in [0.25, 0.3) is 5.69 Å². The van der Waals surface area contributed by atoms with Crippen molar-refractivity contribution in [3.05, 3.63) is 33.9 Å². The summed E-state index contributed by atoms with van der Waals surface area (Å²) in [5, 5.41) is 16.6. The van der Waals surface area contributed by atoms with E-state index in [1.807, 2.05) is 4.90 Å². The fourth-order valence-corrected chi connectivity index (χ4v) is 3.35. The Morgan fingerprint density at radius 1 is 1.31 bits per heavy atom. The van der Waals surface area contributed by atoms with Crippen LogP contribution >= 0.6 is 0 Å². The molecule has 0 aromatic heterocycles. The summed E-state index contributed by atoms with van der Waals surface area (Å²) in [5.41, 5.74) is 0.268. The molecule has 1 aliphatic rings. The number of piperidine rings is 1. The molecule has 2 amide bonds. The molecule has 0 spiro atoms. The van der Waals surface area contributed by atoms with E-state index in [1.54, 1.807) is 39.8 Å². The maximum atomic E-state index is 12.6. The van der Waals surface area contributed by atoms with Gasteiger partial charge in [-0.25, -0.2) is 4.79 Å². The van der Waals surface area contributed by atoms with Gasteiger partial charge in [-0.3, -0.25) is 19.8 Å². The van der Waals surface area contributed by atoms with E-state index < -0.39 is 16.6 Å². The number of amides is 2. The maximum absolute atomic E-state index is 12.6. The summed E-state index contributed by atoms with van der Waals surface area (Å²) < 4.78 is 5.26. The number of likely N-dealkylation sites (tertiary alicyclic amines) is 1. The zero-order valence-electron chi connectivity index (χ0n) is 17.5. The van der Waals surface area contributed by atoms with E-state index >= 15 is 0 Å². The third-order valence-electron chi connectivity index (χ3n) is 4.75. The molecule has 0 bridgehead atoms. The number of carbonyl (C=O) groups excluding carboxylic acids is 2. The number of anilines is 1. The van der Waals surface area contributed by atoms with E-state index in [0.717, 1.165) is 25.8 Å². The van der Waals surface area contributed by atoms with Crippen molar-refractivity contribution in [1.29, 1.82) is 0 Å². The topological polar surface area (TPSA) is 114 Å². The van der Waals surface area contributed by atoms with Gasteiger partial charge in [-0.15, -0.1) is 0 Å². The van der Waals surface area contributed by atoms with Gasteiger partial charge in [0.2, 0.25) is 5.91 Å². The Morgan fingerprint density at radius 3 is 2.69 bits per heavy atom. The highest BCUT2D eigenvalue weighted by Gasteiger charge is 2.26. The number of nitrogens with zero attached hydrogens (tertiary/aromatic N) is 2. The van der Waals surface area contributed by atoms with E-state index in [9.17, 15) is 19.7 Å². The maximum Gasteiger partial charge on any atom is 0.407 e. The molecule has 0 radical (unpaired) electrons. The second kappa shape index (κ2) is 9.69. The van der Waals surface area contributed by atoms with E-state index in [2.05, 4.69) is 10.6 Å². The lowest BCUT2D eigenvalue weighted by Crippen LogP contribution is -2.49. The largest absolute Gasteiger partial charge is 0.444 e. The van der Waals surface area contributed by atoms with E-state index in [1.165, 1.54) is 6.07 Å². The van der Waals surface area contributed by atoms with Crippen LogP contribution in [0.4, 0.5) is 16.2 Å². The fourth-order valence-electron chi connectivity index (χ4n) is 3.35. The number of alkyl carbamates (subject to hydrolysis) is 1. The summed E-state index contributed by atoms with van der Waals surface area (Å²) in [6.07, 6.45) is 2.41. The Labute approximate surface area is 170 Å². The summed E-state index contributed by atoms with van der Waals surface area (Å²) in [6.45, 7) is 8.34. The molecule has 1 fully saturated rings. The first-order valence-electron chi connectivity index (χ1n) is 9.81. The van der Waals surface area contributed by atoms with Gasteiger partial charge in [-0.1, -0.05) is 12.5 Å². The monoisotopic (exact) mass is 406 g/mol. The highest BCUT2D eigenvalue weighted by molar-refractivity contribution is 5.93. The Hall–Kier alpha value is -2.68. The summed E-state index contributed by atoms with van der Waals surface area (Å²) in [6, 6.07) is 4.65.